The standard InChI is InChI=1S/C25H18Cl3N3/c1-15(19-9-7-17(26)11-22(19)28)31-14-30-24(16-5-3-2-4-6-16)25(31)21-13-29-23-12-18(27)8-10-20(21)23/h2-15,29H,1H3/t15-/m0/s1. The Bertz CT molecular complexity index is 1390. The van der Waals surface area contributed by atoms with Crippen molar-refractivity contribution < 1.29 is 0 Å². The van der Waals surface area contributed by atoms with Gasteiger partial charge in [-0.3, -0.25) is 0 Å². The lowest BCUT2D eigenvalue weighted by molar-refractivity contribution is 0.645. The highest BCUT2D eigenvalue weighted by Crippen LogP contribution is 2.40. The van der Waals surface area contributed by atoms with Crippen LogP contribution in [-0.2, 0) is 0 Å². The van der Waals surface area contributed by atoms with E-state index in [9.17, 15) is 0 Å². The molecule has 0 aliphatic heterocycles. The monoisotopic (exact) mass is 465 g/mol. The molecule has 5 rings (SSSR count). The summed E-state index contributed by atoms with van der Waals surface area (Å²) in [5.41, 5.74) is 5.99. The molecule has 0 spiro atoms. The maximum absolute atomic E-state index is 6.55. The molecule has 0 radical (unpaired) electrons. The van der Waals surface area contributed by atoms with Gasteiger partial charge >= 0.3 is 0 Å². The third-order valence-corrected chi connectivity index (χ3v) is 6.37. The molecular weight excluding hydrogens is 449 g/mol. The van der Waals surface area contributed by atoms with Crippen LogP contribution in [0.1, 0.15) is 18.5 Å². The molecular formula is C25H18Cl3N3. The Labute approximate surface area is 195 Å². The van der Waals surface area contributed by atoms with E-state index in [-0.39, 0.29) is 6.04 Å². The van der Waals surface area contributed by atoms with E-state index in [1.807, 2.05) is 61.1 Å². The van der Waals surface area contributed by atoms with Crippen LogP contribution in [0, 0.1) is 0 Å². The fraction of sp³-hybridized carbons (Fsp3) is 0.0800. The zero-order valence-corrected chi connectivity index (χ0v) is 18.9. The lowest BCUT2D eigenvalue weighted by Crippen LogP contribution is -2.08. The van der Waals surface area contributed by atoms with Crippen molar-refractivity contribution in [1.29, 1.82) is 0 Å². The topological polar surface area (TPSA) is 33.6 Å². The van der Waals surface area contributed by atoms with E-state index in [4.69, 9.17) is 39.8 Å². The van der Waals surface area contributed by atoms with Crippen LogP contribution in [0.4, 0.5) is 0 Å². The summed E-state index contributed by atoms with van der Waals surface area (Å²) in [7, 11) is 0. The third kappa shape index (κ3) is 3.63. The number of H-pyrrole nitrogens is 1. The van der Waals surface area contributed by atoms with Crippen molar-refractivity contribution in [2.24, 2.45) is 0 Å². The predicted molar refractivity (Wildman–Crippen MR) is 130 cm³/mol. The second-order valence-electron chi connectivity index (χ2n) is 7.45. The van der Waals surface area contributed by atoms with Gasteiger partial charge in [0, 0.05) is 43.3 Å². The molecule has 2 aromatic heterocycles. The summed E-state index contributed by atoms with van der Waals surface area (Å²) in [5.74, 6) is 0. The molecule has 154 valence electrons. The first-order chi connectivity index (χ1) is 15.0. The Morgan fingerprint density at radius 1 is 0.903 bits per heavy atom. The van der Waals surface area contributed by atoms with Crippen molar-refractivity contribution in [2.45, 2.75) is 13.0 Å². The number of imidazole rings is 1. The fourth-order valence-corrected chi connectivity index (χ4v) is 4.75. The molecule has 0 amide bonds. The number of nitrogens with zero attached hydrogens (tertiary/aromatic N) is 2. The molecule has 6 heteroatoms. The van der Waals surface area contributed by atoms with Gasteiger partial charge in [0.1, 0.15) is 0 Å². The molecule has 3 aromatic carbocycles. The number of fused-ring (bicyclic) bond motifs is 1. The number of aromatic nitrogens is 3. The van der Waals surface area contributed by atoms with Crippen LogP contribution in [0.25, 0.3) is 33.4 Å². The van der Waals surface area contributed by atoms with Crippen molar-refractivity contribution in [3.05, 3.63) is 99.9 Å². The molecule has 5 aromatic rings. The molecule has 0 unspecified atom stereocenters. The maximum atomic E-state index is 6.55. The largest absolute Gasteiger partial charge is 0.360 e. The molecule has 2 heterocycles. The summed E-state index contributed by atoms with van der Waals surface area (Å²) in [6.07, 6.45) is 3.89. The lowest BCUT2D eigenvalue weighted by Gasteiger charge is -2.19. The van der Waals surface area contributed by atoms with Crippen LogP contribution < -0.4 is 0 Å². The minimum Gasteiger partial charge on any atom is -0.360 e. The average molecular weight is 467 g/mol. The second kappa shape index (κ2) is 8.08. The van der Waals surface area contributed by atoms with E-state index >= 15 is 0 Å². The molecule has 0 saturated heterocycles. The van der Waals surface area contributed by atoms with E-state index in [1.54, 1.807) is 6.07 Å². The van der Waals surface area contributed by atoms with Crippen LogP contribution in [0.3, 0.4) is 0 Å². The second-order valence-corrected chi connectivity index (χ2v) is 8.73. The van der Waals surface area contributed by atoms with Crippen molar-refractivity contribution in [3.63, 3.8) is 0 Å². The van der Waals surface area contributed by atoms with Gasteiger partial charge in [-0.05, 0) is 36.8 Å². The van der Waals surface area contributed by atoms with Gasteiger partial charge in [-0.15, -0.1) is 0 Å². The first kappa shape index (κ1) is 20.2. The Morgan fingerprint density at radius 3 is 2.42 bits per heavy atom. The number of hydrogen-bond donors (Lipinski definition) is 1. The van der Waals surface area contributed by atoms with E-state index < -0.39 is 0 Å². The molecule has 0 aliphatic carbocycles. The Balaban J connectivity index is 1.75. The number of hydrogen-bond acceptors (Lipinski definition) is 1. The average Bonchev–Trinajstić information content (AvgIpc) is 3.37. The van der Waals surface area contributed by atoms with E-state index in [0.717, 1.165) is 39.0 Å². The number of halogens is 3. The van der Waals surface area contributed by atoms with Crippen molar-refractivity contribution in [2.75, 3.05) is 0 Å². The smallest absolute Gasteiger partial charge is 0.0964 e. The molecule has 3 nitrogen and oxygen atoms in total. The summed E-state index contributed by atoms with van der Waals surface area (Å²) in [6, 6.07) is 21.6. The summed E-state index contributed by atoms with van der Waals surface area (Å²) >= 11 is 18.9. The van der Waals surface area contributed by atoms with Gasteiger partial charge in [-0.2, -0.15) is 0 Å². The van der Waals surface area contributed by atoms with E-state index in [2.05, 4.69) is 28.6 Å². The Hall–Kier alpha value is -2.72. The third-order valence-electron chi connectivity index (χ3n) is 5.57. The number of benzene rings is 3. The summed E-state index contributed by atoms with van der Waals surface area (Å²) < 4.78 is 2.16. The van der Waals surface area contributed by atoms with E-state index in [0.29, 0.717) is 15.1 Å². The summed E-state index contributed by atoms with van der Waals surface area (Å²) in [6.45, 7) is 2.11. The molecule has 1 N–H and O–H groups in total. The molecule has 1 atom stereocenters. The molecule has 0 saturated carbocycles. The summed E-state index contributed by atoms with van der Waals surface area (Å²) in [5, 5.41) is 3.02. The maximum Gasteiger partial charge on any atom is 0.0964 e. The fourth-order valence-electron chi connectivity index (χ4n) is 4.01. The van der Waals surface area contributed by atoms with Gasteiger partial charge in [0.15, 0.2) is 0 Å². The molecule has 0 bridgehead atoms. The predicted octanol–water partition coefficient (Wildman–Crippen LogP) is 8.27. The lowest BCUT2D eigenvalue weighted by atomic mass is 10.0. The first-order valence-electron chi connectivity index (χ1n) is 9.87. The highest BCUT2D eigenvalue weighted by atomic mass is 35.5. The van der Waals surface area contributed by atoms with Crippen LogP contribution in [0.2, 0.25) is 15.1 Å². The van der Waals surface area contributed by atoms with Crippen molar-refractivity contribution >= 4 is 45.7 Å². The number of nitrogens with one attached hydrogen (secondary N) is 1. The number of aromatic amines is 1. The van der Waals surface area contributed by atoms with Gasteiger partial charge in [0.25, 0.3) is 0 Å². The number of rotatable bonds is 4. The SMILES string of the molecule is C[C@@H](c1ccc(Cl)cc1Cl)n1cnc(-c2ccccc2)c1-c1c[nH]c2cc(Cl)ccc12. The Morgan fingerprint density at radius 2 is 1.65 bits per heavy atom. The highest BCUT2D eigenvalue weighted by Gasteiger charge is 2.23. The normalized spacial score (nSPS) is 12.4. The zero-order valence-electron chi connectivity index (χ0n) is 16.6. The highest BCUT2D eigenvalue weighted by molar-refractivity contribution is 6.35. The Kier molecular flexibility index (Phi) is 5.27. The van der Waals surface area contributed by atoms with Gasteiger partial charge in [0.05, 0.1) is 23.8 Å². The van der Waals surface area contributed by atoms with Crippen LogP contribution in [-0.4, -0.2) is 14.5 Å². The van der Waals surface area contributed by atoms with Crippen molar-refractivity contribution in [3.8, 4) is 22.5 Å². The quantitative estimate of drug-likeness (QED) is 0.284. The molecule has 0 fully saturated rings. The summed E-state index contributed by atoms with van der Waals surface area (Å²) in [4.78, 5) is 8.17. The van der Waals surface area contributed by atoms with Gasteiger partial charge < -0.3 is 9.55 Å². The minimum atomic E-state index is -0.0537. The van der Waals surface area contributed by atoms with Gasteiger partial charge in [-0.1, -0.05) is 77.3 Å². The minimum absolute atomic E-state index is 0.0537. The van der Waals surface area contributed by atoms with Gasteiger partial charge in [0.2, 0.25) is 0 Å². The van der Waals surface area contributed by atoms with Gasteiger partial charge in [-0.25, -0.2) is 4.98 Å². The van der Waals surface area contributed by atoms with Crippen molar-refractivity contribution in [1.82, 2.24) is 14.5 Å². The molecule has 0 aliphatic rings. The van der Waals surface area contributed by atoms with Crippen LogP contribution in [0.5, 0.6) is 0 Å². The first-order valence-corrected chi connectivity index (χ1v) is 11.0. The van der Waals surface area contributed by atoms with E-state index in [1.165, 1.54) is 0 Å². The van der Waals surface area contributed by atoms with Crippen LogP contribution in [0.15, 0.2) is 79.3 Å². The molecule has 31 heavy (non-hydrogen) atoms. The van der Waals surface area contributed by atoms with Crippen LogP contribution >= 0.6 is 34.8 Å². The zero-order chi connectivity index (χ0) is 21.5.